The van der Waals surface area contributed by atoms with Crippen LogP contribution in [0.5, 0.6) is 17.2 Å². The second-order valence-electron chi connectivity index (χ2n) is 7.86. The average molecular weight is 459 g/mol. The maximum atomic E-state index is 13.6. The third-order valence-corrected chi connectivity index (χ3v) is 6.57. The summed E-state index contributed by atoms with van der Waals surface area (Å²) in [6.07, 6.45) is 2.56. The van der Waals surface area contributed by atoms with Crippen molar-refractivity contribution in [3.63, 3.8) is 0 Å². The van der Waals surface area contributed by atoms with Gasteiger partial charge in [0.1, 0.15) is 16.4 Å². The first-order valence-electron chi connectivity index (χ1n) is 10.3. The number of carboxylic acids is 1. The molecule has 0 aliphatic heterocycles. The fraction of sp³-hybridized carbons (Fsp3) is 0.111. The first-order chi connectivity index (χ1) is 15.7. The smallest absolute Gasteiger partial charge is 0.328 e. The minimum Gasteiger partial charge on any atom is -0.508 e. The Morgan fingerprint density at radius 1 is 0.909 bits per heavy atom. The lowest BCUT2D eigenvalue weighted by Gasteiger charge is -2.11. The van der Waals surface area contributed by atoms with Crippen LogP contribution in [0.15, 0.2) is 60.7 Å². The number of fused-ring (bicyclic) bond motifs is 1. The van der Waals surface area contributed by atoms with E-state index in [2.05, 4.69) is 0 Å². The normalized spacial score (nSPS) is 11.2. The second-order valence-corrected chi connectivity index (χ2v) is 8.92. The molecule has 0 atom stereocenters. The first kappa shape index (κ1) is 22.3. The van der Waals surface area contributed by atoms with E-state index in [0.717, 1.165) is 32.9 Å². The van der Waals surface area contributed by atoms with Crippen molar-refractivity contribution in [1.29, 1.82) is 0 Å². The number of rotatable bonds is 6. The molecule has 6 heteroatoms. The molecular weight excluding hydrogens is 436 g/mol. The van der Waals surface area contributed by atoms with Crippen LogP contribution in [0.4, 0.5) is 0 Å². The predicted octanol–water partition coefficient (Wildman–Crippen LogP) is 6.65. The minimum atomic E-state index is -1.02. The number of aromatic hydroxyl groups is 1. The van der Waals surface area contributed by atoms with Crippen LogP contribution in [0, 0.1) is 20.8 Å². The number of thiophene rings is 1. The number of phenolic OH excluding ortho intramolecular Hbond substituents is 1. The molecule has 0 amide bonds. The van der Waals surface area contributed by atoms with Crippen LogP contribution in [0.25, 0.3) is 16.2 Å². The van der Waals surface area contributed by atoms with E-state index < -0.39 is 5.97 Å². The zero-order valence-corrected chi connectivity index (χ0v) is 19.2. The monoisotopic (exact) mass is 458 g/mol. The maximum Gasteiger partial charge on any atom is 0.328 e. The summed E-state index contributed by atoms with van der Waals surface area (Å²) >= 11 is 1.28. The van der Waals surface area contributed by atoms with Gasteiger partial charge in [0, 0.05) is 21.7 Å². The van der Waals surface area contributed by atoms with Gasteiger partial charge in [-0.05, 0) is 85.5 Å². The molecule has 166 valence electrons. The van der Waals surface area contributed by atoms with Gasteiger partial charge in [-0.2, -0.15) is 0 Å². The number of hydrogen-bond donors (Lipinski definition) is 2. The number of phenols is 1. The SMILES string of the molecule is Cc1cc(C)c(C(=O)c2sc3cc(O)ccc3c2Oc2ccc(/C=C/C(=O)O)cc2)cc1C. The molecule has 0 unspecified atom stereocenters. The number of carbonyl (C=O) groups excluding carboxylic acids is 1. The van der Waals surface area contributed by atoms with E-state index in [9.17, 15) is 14.7 Å². The Morgan fingerprint density at radius 3 is 2.30 bits per heavy atom. The van der Waals surface area contributed by atoms with Crippen LogP contribution < -0.4 is 4.74 Å². The number of carbonyl (C=O) groups is 2. The Bertz CT molecular complexity index is 1410. The van der Waals surface area contributed by atoms with E-state index in [-0.39, 0.29) is 11.5 Å². The number of aliphatic carboxylic acids is 1. The van der Waals surface area contributed by atoms with Crippen molar-refractivity contribution in [2.45, 2.75) is 20.8 Å². The second kappa shape index (κ2) is 8.92. The highest BCUT2D eigenvalue weighted by atomic mass is 32.1. The molecule has 3 aromatic carbocycles. The third kappa shape index (κ3) is 4.66. The van der Waals surface area contributed by atoms with Gasteiger partial charge < -0.3 is 14.9 Å². The molecule has 4 aromatic rings. The molecule has 0 saturated heterocycles. The molecule has 5 nitrogen and oxygen atoms in total. The number of ether oxygens (including phenoxy) is 1. The number of benzene rings is 3. The quantitative estimate of drug-likeness (QED) is 0.249. The van der Waals surface area contributed by atoms with Gasteiger partial charge in [-0.25, -0.2) is 4.79 Å². The summed E-state index contributed by atoms with van der Waals surface area (Å²) in [5.74, 6) is -0.0841. The highest BCUT2D eigenvalue weighted by molar-refractivity contribution is 7.21. The van der Waals surface area contributed by atoms with Crippen molar-refractivity contribution < 1.29 is 24.5 Å². The standard InChI is InChI=1S/C27H22O5S/c1-15-12-17(3)22(13-16(15)2)25(31)27-26(21-10-7-19(28)14-23(21)33-27)32-20-8-4-18(5-9-20)6-11-24(29)30/h4-14,28H,1-3H3,(H,29,30)/b11-6+. The molecule has 33 heavy (non-hydrogen) atoms. The zero-order chi connectivity index (χ0) is 23.7. The van der Waals surface area contributed by atoms with Crippen molar-refractivity contribution in [1.82, 2.24) is 0 Å². The van der Waals surface area contributed by atoms with Crippen molar-refractivity contribution in [2.75, 3.05) is 0 Å². The van der Waals surface area contributed by atoms with E-state index >= 15 is 0 Å². The summed E-state index contributed by atoms with van der Waals surface area (Å²) in [6.45, 7) is 5.91. The molecule has 0 saturated carbocycles. The van der Waals surface area contributed by atoms with Gasteiger partial charge in [-0.1, -0.05) is 18.2 Å². The summed E-state index contributed by atoms with van der Waals surface area (Å²) in [4.78, 5) is 24.8. The Morgan fingerprint density at radius 2 is 1.61 bits per heavy atom. The summed E-state index contributed by atoms with van der Waals surface area (Å²) in [7, 11) is 0. The van der Waals surface area contributed by atoms with Gasteiger partial charge in [0.2, 0.25) is 5.78 Å². The molecule has 0 fully saturated rings. The molecule has 0 radical (unpaired) electrons. The van der Waals surface area contributed by atoms with Crippen LogP contribution in [0.1, 0.15) is 37.5 Å². The lowest BCUT2D eigenvalue weighted by molar-refractivity contribution is -0.131. The van der Waals surface area contributed by atoms with Gasteiger partial charge in [-0.15, -0.1) is 11.3 Å². The molecule has 0 bridgehead atoms. The van der Waals surface area contributed by atoms with Gasteiger partial charge in [0.05, 0.1) is 0 Å². The van der Waals surface area contributed by atoms with E-state index in [1.54, 1.807) is 42.5 Å². The molecule has 2 N–H and O–H groups in total. The fourth-order valence-electron chi connectivity index (χ4n) is 3.57. The maximum absolute atomic E-state index is 13.6. The molecule has 0 spiro atoms. The molecule has 1 heterocycles. The van der Waals surface area contributed by atoms with Crippen molar-refractivity contribution in [3.8, 4) is 17.2 Å². The zero-order valence-electron chi connectivity index (χ0n) is 18.4. The summed E-state index contributed by atoms with van der Waals surface area (Å²) in [5, 5.41) is 19.5. The largest absolute Gasteiger partial charge is 0.508 e. The lowest BCUT2D eigenvalue weighted by atomic mass is 9.97. The molecule has 0 aliphatic carbocycles. The lowest BCUT2D eigenvalue weighted by Crippen LogP contribution is -2.04. The summed E-state index contributed by atoms with van der Waals surface area (Å²) < 4.78 is 6.93. The van der Waals surface area contributed by atoms with Gasteiger partial charge >= 0.3 is 5.97 Å². The van der Waals surface area contributed by atoms with Crippen LogP contribution in [-0.4, -0.2) is 22.0 Å². The topological polar surface area (TPSA) is 83.8 Å². The predicted molar refractivity (Wildman–Crippen MR) is 131 cm³/mol. The van der Waals surface area contributed by atoms with Crippen LogP contribution in [-0.2, 0) is 4.79 Å². The van der Waals surface area contributed by atoms with E-state index in [4.69, 9.17) is 9.84 Å². The van der Waals surface area contributed by atoms with Gasteiger partial charge in [0.25, 0.3) is 0 Å². The number of hydrogen-bond acceptors (Lipinski definition) is 5. The van der Waals surface area contributed by atoms with E-state index in [1.807, 2.05) is 32.9 Å². The molecule has 4 rings (SSSR count). The summed E-state index contributed by atoms with van der Waals surface area (Å²) in [6, 6.07) is 15.8. The van der Waals surface area contributed by atoms with Crippen molar-refractivity contribution >= 4 is 39.3 Å². The van der Waals surface area contributed by atoms with Crippen LogP contribution in [0.2, 0.25) is 0 Å². The summed E-state index contributed by atoms with van der Waals surface area (Å²) in [5.41, 5.74) is 4.39. The third-order valence-electron chi connectivity index (χ3n) is 5.44. The van der Waals surface area contributed by atoms with Crippen molar-refractivity contribution in [3.05, 3.63) is 93.4 Å². The first-order valence-corrected chi connectivity index (χ1v) is 11.1. The van der Waals surface area contributed by atoms with Crippen LogP contribution >= 0.6 is 11.3 Å². The highest BCUT2D eigenvalue weighted by Gasteiger charge is 2.23. The Kier molecular flexibility index (Phi) is 6.03. The Labute approximate surface area is 195 Å². The van der Waals surface area contributed by atoms with Crippen molar-refractivity contribution in [2.24, 2.45) is 0 Å². The molecule has 0 aliphatic rings. The van der Waals surface area contributed by atoms with Crippen LogP contribution in [0.3, 0.4) is 0 Å². The average Bonchev–Trinajstić information content (AvgIpc) is 3.12. The van der Waals surface area contributed by atoms with Gasteiger partial charge in [-0.3, -0.25) is 4.79 Å². The number of carboxylic acid groups (broad SMARTS) is 1. The molecular formula is C27H22O5S. The fourth-order valence-corrected chi connectivity index (χ4v) is 4.69. The van der Waals surface area contributed by atoms with Gasteiger partial charge in [0.15, 0.2) is 5.75 Å². The Balaban J connectivity index is 1.78. The number of aryl methyl sites for hydroxylation is 3. The van der Waals surface area contributed by atoms with E-state index in [0.29, 0.717) is 27.5 Å². The minimum absolute atomic E-state index is 0.117. The van der Waals surface area contributed by atoms with E-state index in [1.165, 1.54) is 17.4 Å². The highest BCUT2D eigenvalue weighted by Crippen LogP contribution is 2.43. The molecule has 1 aromatic heterocycles. The Hall–Kier alpha value is -3.90. The number of ketones is 1.